The number of nitrogens with two attached hydrogens (primary N) is 1. The van der Waals surface area contributed by atoms with Gasteiger partial charge in [-0.25, -0.2) is 9.97 Å². The van der Waals surface area contributed by atoms with Crippen molar-refractivity contribution in [2.75, 3.05) is 16.4 Å². The van der Waals surface area contributed by atoms with Crippen LogP contribution in [-0.2, 0) is 6.54 Å². The van der Waals surface area contributed by atoms with Gasteiger partial charge in [0.05, 0.1) is 17.1 Å². The molecule has 3 aromatic carbocycles. The summed E-state index contributed by atoms with van der Waals surface area (Å²) in [5, 5.41) is 5.84. The number of benzene rings is 3. The molecule has 0 spiro atoms. The van der Waals surface area contributed by atoms with E-state index in [-0.39, 0.29) is 11.7 Å². The molecule has 7 nitrogen and oxygen atoms in total. The van der Waals surface area contributed by atoms with E-state index in [9.17, 15) is 18.0 Å². The second-order valence-corrected chi connectivity index (χ2v) is 7.43. The van der Waals surface area contributed by atoms with Crippen LogP contribution in [0.1, 0.15) is 15.9 Å². The fraction of sp³-hybridized carbons (Fsp3) is 0.0800. The quantitative estimate of drug-likeness (QED) is 0.303. The second-order valence-electron chi connectivity index (χ2n) is 7.43. The lowest BCUT2D eigenvalue weighted by molar-refractivity contribution is -0.274. The first-order chi connectivity index (χ1) is 16.8. The Balaban J connectivity index is 1.39. The second kappa shape index (κ2) is 10.1. The number of hydrogen-bond acceptors (Lipinski definition) is 6. The summed E-state index contributed by atoms with van der Waals surface area (Å²) in [4.78, 5) is 21.0. The van der Waals surface area contributed by atoms with Crippen LogP contribution in [0.15, 0.2) is 85.1 Å². The number of anilines is 3. The molecule has 1 amide bonds. The number of halogens is 3. The van der Waals surface area contributed by atoms with Crippen molar-refractivity contribution in [3.8, 4) is 17.0 Å². The molecule has 0 aliphatic carbocycles. The predicted octanol–water partition coefficient (Wildman–Crippen LogP) is 5.49. The first kappa shape index (κ1) is 23.6. The van der Waals surface area contributed by atoms with Crippen LogP contribution in [0, 0.1) is 0 Å². The molecule has 4 aromatic rings. The van der Waals surface area contributed by atoms with Gasteiger partial charge >= 0.3 is 6.36 Å². The molecule has 0 aliphatic rings. The van der Waals surface area contributed by atoms with Gasteiger partial charge in [0.2, 0.25) is 5.95 Å². The van der Waals surface area contributed by atoms with Crippen molar-refractivity contribution in [2.45, 2.75) is 12.9 Å². The molecule has 10 heteroatoms. The molecule has 0 unspecified atom stereocenters. The largest absolute Gasteiger partial charge is 0.573 e. The molecule has 178 valence electrons. The Hall–Kier alpha value is -4.60. The Morgan fingerprint density at radius 1 is 0.971 bits per heavy atom. The highest BCUT2D eigenvalue weighted by molar-refractivity contribution is 6.05. The summed E-state index contributed by atoms with van der Waals surface area (Å²) in [5.74, 6) is -0.316. The molecule has 1 aromatic heterocycles. The van der Waals surface area contributed by atoms with Crippen LogP contribution in [0.4, 0.5) is 30.5 Å². The van der Waals surface area contributed by atoms with E-state index in [1.807, 2.05) is 0 Å². The van der Waals surface area contributed by atoms with Crippen LogP contribution in [0.25, 0.3) is 11.3 Å². The smallest absolute Gasteiger partial charge is 0.406 e. The first-order valence-electron chi connectivity index (χ1n) is 10.4. The fourth-order valence-corrected chi connectivity index (χ4v) is 3.22. The van der Waals surface area contributed by atoms with Crippen molar-refractivity contribution in [3.63, 3.8) is 0 Å². The third-order valence-corrected chi connectivity index (χ3v) is 4.89. The van der Waals surface area contributed by atoms with Crippen molar-refractivity contribution < 1.29 is 22.7 Å². The van der Waals surface area contributed by atoms with E-state index in [1.165, 1.54) is 24.4 Å². The zero-order valence-electron chi connectivity index (χ0n) is 18.2. The fourth-order valence-electron chi connectivity index (χ4n) is 3.22. The maximum atomic E-state index is 12.5. The molecular formula is C25H20F3N5O2. The highest BCUT2D eigenvalue weighted by Gasteiger charge is 2.31. The monoisotopic (exact) mass is 479 g/mol. The predicted molar refractivity (Wildman–Crippen MR) is 127 cm³/mol. The summed E-state index contributed by atoms with van der Waals surface area (Å²) in [5.41, 5.74) is 9.09. The lowest BCUT2D eigenvalue weighted by Gasteiger charge is -2.11. The summed E-state index contributed by atoms with van der Waals surface area (Å²) in [7, 11) is 0. The van der Waals surface area contributed by atoms with Gasteiger partial charge in [-0.15, -0.1) is 13.2 Å². The van der Waals surface area contributed by atoms with E-state index in [0.717, 1.165) is 5.56 Å². The lowest BCUT2D eigenvalue weighted by Crippen LogP contribution is -2.17. The van der Waals surface area contributed by atoms with Crippen molar-refractivity contribution in [3.05, 3.63) is 96.2 Å². The number of alkyl halides is 3. The van der Waals surface area contributed by atoms with Gasteiger partial charge in [-0.2, -0.15) is 0 Å². The number of carbonyl (C=O) groups is 1. The zero-order valence-corrected chi connectivity index (χ0v) is 18.2. The number of rotatable bonds is 7. The van der Waals surface area contributed by atoms with Crippen molar-refractivity contribution >= 4 is 23.2 Å². The van der Waals surface area contributed by atoms with Crippen LogP contribution in [0.3, 0.4) is 0 Å². The van der Waals surface area contributed by atoms with Gasteiger partial charge in [-0.3, -0.25) is 4.79 Å². The normalized spacial score (nSPS) is 11.1. The molecule has 35 heavy (non-hydrogen) atoms. The number of ether oxygens (including phenoxy) is 1. The summed E-state index contributed by atoms with van der Waals surface area (Å²) >= 11 is 0. The van der Waals surface area contributed by atoms with Gasteiger partial charge in [0.1, 0.15) is 5.75 Å². The van der Waals surface area contributed by atoms with Gasteiger partial charge in [-0.05, 0) is 48.0 Å². The van der Waals surface area contributed by atoms with E-state index < -0.39 is 6.36 Å². The number of nitrogens with zero attached hydrogens (tertiary/aromatic N) is 2. The molecule has 0 atom stereocenters. The number of hydrogen-bond donors (Lipinski definition) is 3. The van der Waals surface area contributed by atoms with Crippen molar-refractivity contribution in [1.29, 1.82) is 0 Å². The lowest BCUT2D eigenvalue weighted by atomic mass is 10.1. The van der Waals surface area contributed by atoms with Crippen LogP contribution < -0.4 is 21.1 Å². The van der Waals surface area contributed by atoms with Crippen LogP contribution in [-0.4, -0.2) is 22.2 Å². The van der Waals surface area contributed by atoms with E-state index in [4.69, 9.17) is 5.73 Å². The number of nitrogen functional groups attached to an aromatic ring is 1. The molecule has 0 saturated carbocycles. The molecule has 1 heterocycles. The van der Waals surface area contributed by atoms with E-state index in [2.05, 4.69) is 25.3 Å². The molecule has 0 aliphatic heterocycles. The van der Waals surface area contributed by atoms with Gasteiger partial charge in [0.15, 0.2) is 0 Å². The average Bonchev–Trinajstić information content (AvgIpc) is 2.84. The molecule has 0 saturated heterocycles. The third-order valence-electron chi connectivity index (χ3n) is 4.89. The van der Waals surface area contributed by atoms with Gasteiger partial charge in [0, 0.05) is 23.9 Å². The van der Waals surface area contributed by atoms with Crippen molar-refractivity contribution in [1.82, 2.24) is 9.97 Å². The standard InChI is InChI=1S/C25H20F3N5O2/c26-25(27,28)35-19-5-3-4-18(14-19)21-12-13-30-24(33-21)31-15-16-8-10-17(11-9-16)23(34)32-22-7-2-1-6-20(22)29/h1-14H,15,29H2,(H,32,34)(H,30,31,33). The molecular weight excluding hydrogens is 459 g/mol. The summed E-state index contributed by atoms with van der Waals surface area (Å²) < 4.78 is 41.5. The maximum absolute atomic E-state index is 12.5. The Bertz CT molecular complexity index is 1330. The molecule has 4 N–H and O–H groups in total. The van der Waals surface area contributed by atoms with Crippen molar-refractivity contribution in [2.24, 2.45) is 0 Å². The minimum atomic E-state index is -4.78. The molecule has 4 rings (SSSR count). The summed E-state index contributed by atoms with van der Waals surface area (Å²) in [6.45, 7) is 0.369. The Morgan fingerprint density at radius 2 is 1.74 bits per heavy atom. The van der Waals surface area contributed by atoms with E-state index in [1.54, 1.807) is 60.7 Å². The van der Waals surface area contributed by atoms with Gasteiger partial charge in [-0.1, -0.05) is 36.4 Å². The molecule has 0 bridgehead atoms. The topological polar surface area (TPSA) is 102 Å². The summed E-state index contributed by atoms with van der Waals surface area (Å²) in [6, 6.07) is 21.1. The molecule has 0 fully saturated rings. The SMILES string of the molecule is Nc1ccccc1NC(=O)c1ccc(CNc2nccc(-c3cccc(OC(F)(F)F)c3)n2)cc1. The minimum absolute atomic E-state index is 0.282. The van der Waals surface area contributed by atoms with E-state index >= 15 is 0 Å². The highest BCUT2D eigenvalue weighted by atomic mass is 19.4. The third kappa shape index (κ3) is 6.47. The number of nitrogens with one attached hydrogen (secondary N) is 2. The Kier molecular flexibility index (Phi) is 6.81. The number of amides is 1. The first-order valence-corrected chi connectivity index (χ1v) is 10.4. The van der Waals surface area contributed by atoms with Gasteiger partial charge < -0.3 is 21.1 Å². The highest BCUT2D eigenvalue weighted by Crippen LogP contribution is 2.27. The Morgan fingerprint density at radius 3 is 2.49 bits per heavy atom. The number of para-hydroxylation sites is 2. The van der Waals surface area contributed by atoms with Gasteiger partial charge in [0.25, 0.3) is 5.91 Å². The number of aromatic nitrogens is 2. The maximum Gasteiger partial charge on any atom is 0.573 e. The Labute approximate surface area is 198 Å². The van der Waals surface area contributed by atoms with Crippen LogP contribution in [0.5, 0.6) is 5.75 Å². The van der Waals surface area contributed by atoms with Crippen LogP contribution in [0.2, 0.25) is 0 Å². The average molecular weight is 479 g/mol. The summed E-state index contributed by atoms with van der Waals surface area (Å²) in [6.07, 6.45) is -3.27. The zero-order chi connectivity index (χ0) is 24.8. The van der Waals surface area contributed by atoms with Crippen LogP contribution >= 0.6 is 0 Å². The molecule has 0 radical (unpaired) electrons. The minimum Gasteiger partial charge on any atom is -0.406 e. The number of carbonyl (C=O) groups excluding carboxylic acids is 1. The van der Waals surface area contributed by atoms with E-state index in [0.29, 0.717) is 40.7 Å².